The van der Waals surface area contributed by atoms with Gasteiger partial charge in [-0.2, -0.15) is 10.3 Å². The molecular formula is C28H33FN6O5S. The smallest absolute Gasteiger partial charge is 0.414 e. The zero-order valence-corrected chi connectivity index (χ0v) is 24.2. The number of aromatic amines is 1. The van der Waals surface area contributed by atoms with Gasteiger partial charge in [0.2, 0.25) is 5.91 Å². The Morgan fingerprint density at radius 1 is 1.24 bits per heavy atom. The maximum Gasteiger partial charge on any atom is 0.414 e. The van der Waals surface area contributed by atoms with Gasteiger partial charge in [-0.25, -0.2) is 14.0 Å². The topological polar surface area (TPSA) is 130 Å². The summed E-state index contributed by atoms with van der Waals surface area (Å²) in [5.74, 6) is -0.117. The van der Waals surface area contributed by atoms with Crippen LogP contribution in [0.4, 0.5) is 19.7 Å². The maximum absolute atomic E-state index is 15.2. The van der Waals surface area contributed by atoms with Crippen LogP contribution in [0.5, 0.6) is 0 Å². The minimum Gasteiger partial charge on any atom is -0.444 e. The van der Waals surface area contributed by atoms with Crippen LogP contribution in [-0.4, -0.2) is 75.5 Å². The predicted molar refractivity (Wildman–Crippen MR) is 152 cm³/mol. The molecule has 41 heavy (non-hydrogen) atoms. The first kappa shape index (κ1) is 29.8. The molecule has 13 heteroatoms. The summed E-state index contributed by atoms with van der Waals surface area (Å²) in [6.45, 7) is 7.97. The molecule has 2 aromatic carbocycles. The molecule has 1 unspecified atom stereocenters. The molecule has 0 aliphatic carbocycles. The van der Waals surface area contributed by atoms with Crippen LogP contribution in [0, 0.1) is 5.82 Å². The number of thioether (sulfide) groups is 1. The van der Waals surface area contributed by atoms with E-state index < -0.39 is 29.7 Å². The lowest BCUT2D eigenvalue weighted by atomic mass is 10.0. The number of carbonyl (C=O) groups is 3. The van der Waals surface area contributed by atoms with Crippen molar-refractivity contribution in [1.29, 1.82) is 0 Å². The fourth-order valence-corrected chi connectivity index (χ4v) is 4.85. The van der Waals surface area contributed by atoms with E-state index in [4.69, 9.17) is 9.47 Å². The molecule has 11 nitrogen and oxygen atoms in total. The Labute approximate surface area is 241 Å². The maximum atomic E-state index is 15.2. The molecule has 3 amide bonds. The van der Waals surface area contributed by atoms with E-state index in [2.05, 4.69) is 20.7 Å². The van der Waals surface area contributed by atoms with Crippen molar-refractivity contribution in [2.75, 3.05) is 30.3 Å². The van der Waals surface area contributed by atoms with E-state index in [1.54, 1.807) is 35.4 Å². The zero-order valence-electron chi connectivity index (χ0n) is 23.3. The number of cyclic esters (lactones) is 1. The van der Waals surface area contributed by atoms with Crippen LogP contribution < -0.4 is 10.2 Å². The molecule has 1 aliphatic heterocycles. The molecule has 1 aromatic heterocycles. The lowest BCUT2D eigenvalue weighted by Gasteiger charge is -2.27. The Bertz CT molecular complexity index is 1360. The van der Waals surface area contributed by atoms with E-state index in [1.165, 1.54) is 29.7 Å². The summed E-state index contributed by atoms with van der Waals surface area (Å²) in [5.41, 5.74) is 1.61. The number of rotatable bonds is 10. The number of H-pyrrole nitrogens is 1. The molecule has 2 heterocycles. The molecule has 0 bridgehead atoms. The molecule has 0 saturated carbocycles. The van der Waals surface area contributed by atoms with Gasteiger partial charge in [-0.05, 0) is 50.1 Å². The van der Waals surface area contributed by atoms with E-state index in [0.29, 0.717) is 35.7 Å². The van der Waals surface area contributed by atoms with Crippen molar-refractivity contribution >= 4 is 35.5 Å². The van der Waals surface area contributed by atoms with Crippen LogP contribution in [0.3, 0.4) is 0 Å². The molecule has 1 fully saturated rings. The lowest BCUT2D eigenvalue weighted by molar-refractivity contribution is -0.119. The number of ether oxygens (including phenoxy) is 2. The van der Waals surface area contributed by atoms with Crippen LogP contribution in [0.15, 0.2) is 53.7 Å². The van der Waals surface area contributed by atoms with Crippen LogP contribution in [-0.2, 0) is 20.8 Å². The number of hydrogen-bond acceptors (Lipinski definition) is 8. The normalized spacial score (nSPS) is 15.0. The third-order valence-corrected chi connectivity index (χ3v) is 6.89. The average Bonchev–Trinajstić information content (AvgIpc) is 3.56. The Morgan fingerprint density at radius 2 is 2.00 bits per heavy atom. The molecule has 0 radical (unpaired) electrons. The van der Waals surface area contributed by atoms with Gasteiger partial charge < -0.3 is 19.7 Å². The van der Waals surface area contributed by atoms with Crippen molar-refractivity contribution in [2.45, 2.75) is 51.0 Å². The largest absolute Gasteiger partial charge is 0.444 e. The van der Waals surface area contributed by atoms with Crippen LogP contribution in [0.1, 0.15) is 33.3 Å². The SMILES string of the molecule is CC(=O)NCC1CN(c2ccc(-c3ccc(CN(CCSc4cn[nH]n4)C(=O)OC(C)(C)C)cc3)c(F)c2)C(=O)O1. The number of hydrogen-bond donors (Lipinski definition) is 2. The summed E-state index contributed by atoms with van der Waals surface area (Å²) >= 11 is 1.47. The number of halogens is 1. The van der Waals surface area contributed by atoms with E-state index in [1.807, 2.05) is 32.9 Å². The zero-order chi connectivity index (χ0) is 29.6. The Kier molecular flexibility index (Phi) is 9.48. The van der Waals surface area contributed by atoms with Gasteiger partial charge in [0.15, 0.2) is 0 Å². The van der Waals surface area contributed by atoms with Crippen molar-refractivity contribution in [3.63, 3.8) is 0 Å². The number of anilines is 1. The minimum atomic E-state index is -0.639. The second kappa shape index (κ2) is 13.0. The number of carbonyl (C=O) groups excluding carboxylic acids is 3. The van der Waals surface area contributed by atoms with Crippen LogP contribution >= 0.6 is 11.8 Å². The molecule has 1 saturated heterocycles. The first-order valence-corrected chi connectivity index (χ1v) is 14.0. The van der Waals surface area contributed by atoms with Gasteiger partial charge in [0.1, 0.15) is 22.5 Å². The highest BCUT2D eigenvalue weighted by Crippen LogP contribution is 2.29. The van der Waals surface area contributed by atoms with Crippen molar-refractivity contribution in [1.82, 2.24) is 25.6 Å². The second-order valence-electron chi connectivity index (χ2n) is 10.5. The minimum absolute atomic E-state index is 0.191. The second-order valence-corrected chi connectivity index (χ2v) is 11.6. The van der Waals surface area contributed by atoms with E-state index in [-0.39, 0.29) is 19.0 Å². The lowest BCUT2D eigenvalue weighted by Crippen LogP contribution is -2.37. The van der Waals surface area contributed by atoms with Crippen molar-refractivity contribution in [3.05, 3.63) is 60.0 Å². The molecule has 1 aliphatic rings. The fourth-order valence-electron chi connectivity index (χ4n) is 4.09. The number of aromatic nitrogens is 3. The van der Waals surface area contributed by atoms with Gasteiger partial charge in [0.05, 0.1) is 25.0 Å². The molecule has 4 rings (SSSR count). The summed E-state index contributed by atoms with van der Waals surface area (Å²) < 4.78 is 26.0. The first-order chi connectivity index (χ1) is 19.5. The monoisotopic (exact) mass is 584 g/mol. The molecule has 0 spiro atoms. The van der Waals surface area contributed by atoms with Gasteiger partial charge in [0.25, 0.3) is 0 Å². The van der Waals surface area contributed by atoms with Crippen LogP contribution in [0.25, 0.3) is 11.1 Å². The Hall–Kier alpha value is -4.13. The molecule has 2 N–H and O–H groups in total. The highest BCUT2D eigenvalue weighted by Gasteiger charge is 2.32. The van der Waals surface area contributed by atoms with Gasteiger partial charge in [-0.15, -0.1) is 16.9 Å². The predicted octanol–water partition coefficient (Wildman–Crippen LogP) is 4.60. The number of benzene rings is 2. The van der Waals surface area contributed by atoms with E-state index >= 15 is 4.39 Å². The quantitative estimate of drug-likeness (QED) is 0.331. The Balaban J connectivity index is 1.42. The van der Waals surface area contributed by atoms with E-state index in [0.717, 1.165) is 10.6 Å². The average molecular weight is 585 g/mol. The summed E-state index contributed by atoms with van der Waals surface area (Å²) in [5, 5.41) is 13.7. The summed E-state index contributed by atoms with van der Waals surface area (Å²) in [6.07, 6.45) is 0.0895. The van der Waals surface area contributed by atoms with Crippen molar-refractivity contribution in [2.24, 2.45) is 0 Å². The summed E-state index contributed by atoms with van der Waals surface area (Å²) in [4.78, 5) is 39.3. The third-order valence-electron chi connectivity index (χ3n) is 6.01. The summed E-state index contributed by atoms with van der Waals surface area (Å²) in [7, 11) is 0. The van der Waals surface area contributed by atoms with Gasteiger partial charge in [-0.3, -0.25) is 9.69 Å². The van der Waals surface area contributed by atoms with Gasteiger partial charge in [0, 0.05) is 31.3 Å². The first-order valence-electron chi connectivity index (χ1n) is 13.1. The molecule has 3 aromatic rings. The molecular weight excluding hydrogens is 551 g/mol. The highest BCUT2D eigenvalue weighted by molar-refractivity contribution is 7.99. The van der Waals surface area contributed by atoms with Gasteiger partial charge in [-0.1, -0.05) is 24.3 Å². The third kappa shape index (κ3) is 8.43. The number of nitrogens with one attached hydrogen (secondary N) is 2. The van der Waals surface area contributed by atoms with Crippen molar-refractivity contribution in [3.8, 4) is 11.1 Å². The van der Waals surface area contributed by atoms with Gasteiger partial charge >= 0.3 is 12.2 Å². The van der Waals surface area contributed by atoms with Crippen LogP contribution in [0.2, 0.25) is 0 Å². The van der Waals surface area contributed by atoms with Crippen molar-refractivity contribution < 1.29 is 28.2 Å². The number of nitrogens with zero attached hydrogens (tertiary/aromatic N) is 4. The fraction of sp³-hybridized carbons (Fsp3) is 0.393. The highest BCUT2D eigenvalue weighted by atomic mass is 32.2. The standard InChI is InChI=1S/C28H33FN6O5S/c1-18(36)30-14-22-17-35(27(38)39-22)21-9-10-23(24(29)13-21)20-7-5-19(6-8-20)16-34(26(37)40-28(2,3)4)11-12-41-25-15-31-33-32-25/h5-10,13,15,22H,11-12,14,16-17H2,1-4H3,(H,30,36)(H,31,32,33). The molecule has 1 atom stereocenters. The summed E-state index contributed by atoms with van der Waals surface area (Å²) in [6, 6.07) is 11.8. The van der Waals surface area contributed by atoms with E-state index in [9.17, 15) is 14.4 Å². The molecule has 218 valence electrons. The number of amides is 3. The Morgan fingerprint density at radius 3 is 2.63 bits per heavy atom.